The molecule has 0 rings (SSSR count). The molecule has 0 amide bonds. The molecule has 0 N–H and O–H groups in total. The van der Waals surface area contributed by atoms with E-state index >= 15 is 0 Å². The van der Waals surface area contributed by atoms with Gasteiger partial charge in [-0.05, 0) is 6.08 Å². The van der Waals surface area contributed by atoms with Crippen LogP contribution in [0.25, 0.3) is 0 Å². The minimum absolute atomic E-state index is 0.128. The molecule has 0 aliphatic heterocycles. The molecule has 150 valence electrons. The summed E-state index contributed by atoms with van der Waals surface area (Å²) in [7, 11) is 0. The summed E-state index contributed by atoms with van der Waals surface area (Å²) in [5, 5.41) is 0. The average molecular weight is 380 g/mol. The van der Waals surface area contributed by atoms with Crippen LogP contribution in [0.1, 0.15) is 13.8 Å². The van der Waals surface area contributed by atoms with Gasteiger partial charge in [-0.25, -0.2) is 14.4 Å². The van der Waals surface area contributed by atoms with E-state index in [9.17, 15) is 14.4 Å². The Morgan fingerprint density at radius 1 is 0.667 bits per heavy atom. The van der Waals surface area contributed by atoms with Gasteiger partial charge in [0.05, 0.1) is 0 Å². The van der Waals surface area contributed by atoms with Gasteiger partial charge in [-0.3, -0.25) is 0 Å². The molecule has 0 bridgehead atoms. The van der Waals surface area contributed by atoms with Crippen molar-refractivity contribution in [2.75, 3.05) is 26.4 Å². The van der Waals surface area contributed by atoms with Crippen LogP contribution in [0.5, 0.6) is 0 Å². The molecule has 7 nitrogen and oxygen atoms in total. The molecule has 0 aromatic heterocycles. The Morgan fingerprint density at radius 2 is 0.963 bits per heavy atom. The average Bonchev–Trinajstić information content (AvgIpc) is 2.72. The Balaban J connectivity index is 0. The van der Waals surface area contributed by atoms with Crippen molar-refractivity contribution in [1.29, 1.82) is 0 Å². The molecule has 0 aliphatic rings. The fraction of sp³-hybridized carbons (Fsp3) is 0.350. The van der Waals surface area contributed by atoms with Crippen LogP contribution >= 0.6 is 0 Å². The van der Waals surface area contributed by atoms with Crippen molar-refractivity contribution in [3.63, 3.8) is 0 Å². The normalized spacial score (nSPS) is 9.41. The first kappa shape index (κ1) is 26.1. The minimum Gasteiger partial charge on any atom is -0.493 e. The molecule has 0 atom stereocenters. The second-order valence-electron chi connectivity index (χ2n) is 4.89. The smallest absolute Gasteiger partial charge is 0.330 e. The Morgan fingerprint density at radius 3 is 1.22 bits per heavy atom. The topological polar surface area (TPSA) is 88.1 Å². The van der Waals surface area contributed by atoms with E-state index in [1.807, 2.05) is 13.8 Å². The first-order valence-corrected chi connectivity index (χ1v) is 8.14. The Kier molecular flexibility index (Phi) is 14.7. The Bertz CT molecular complexity index is 459. The van der Waals surface area contributed by atoms with Crippen LogP contribution in [0.3, 0.4) is 0 Å². The maximum Gasteiger partial charge on any atom is 0.330 e. The molecule has 0 aromatic rings. The summed E-state index contributed by atoms with van der Waals surface area (Å²) in [6, 6.07) is 0. The van der Waals surface area contributed by atoms with E-state index < -0.39 is 23.3 Å². The highest BCUT2D eigenvalue weighted by Crippen LogP contribution is 2.22. The molecule has 0 radical (unpaired) electrons. The second kappa shape index (κ2) is 15.2. The van der Waals surface area contributed by atoms with E-state index in [-0.39, 0.29) is 32.2 Å². The number of ether oxygens (including phenoxy) is 4. The van der Waals surface area contributed by atoms with Gasteiger partial charge in [-0.15, -0.1) is 0 Å². The summed E-state index contributed by atoms with van der Waals surface area (Å²) in [6.07, 6.45) is 4.28. The monoisotopic (exact) mass is 380 g/mol. The van der Waals surface area contributed by atoms with Gasteiger partial charge in [0, 0.05) is 18.2 Å². The van der Waals surface area contributed by atoms with E-state index in [0.29, 0.717) is 0 Å². The largest absolute Gasteiger partial charge is 0.493 e. The van der Waals surface area contributed by atoms with Gasteiger partial charge in [-0.1, -0.05) is 46.7 Å². The zero-order valence-corrected chi connectivity index (χ0v) is 16.0. The van der Waals surface area contributed by atoms with Gasteiger partial charge in [0.25, 0.3) is 0 Å². The van der Waals surface area contributed by atoms with Crippen molar-refractivity contribution in [2.24, 2.45) is 5.41 Å². The number of hydrogen-bond donors (Lipinski definition) is 0. The maximum atomic E-state index is 11.4. The number of allylic oxidation sites excluding steroid dienone is 1. The highest BCUT2D eigenvalue weighted by molar-refractivity contribution is 5.82. The second-order valence-corrected chi connectivity index (χ2v) is 4.89. The predicted molar refractivity (Wildman–Crippen MR) is 103 cm³/mol. The lowest BCUT2D eigenvalue weighted by atomic mass is 9.92. The van der Waals surface area contributed by atoms with Crippen LogP contribution in [0, 0.1) is 5.41 Å². The lowest BCUT2D eigenvalue weighted by Crippen LogP contribution is -2.43. The third kappa shape index (κ3) is 12.0. The Hall–Kier alpha value is -3.09. The zero-order chi connectivity index (χ0) is 21.3. The molecule has 0 saturated heterocycles. The zero-order valence-electron chi connectivity index (χ0n) is 16.0. The number of hydrogen-bond acceptors (Lipinski definition) is 7. The van der Waals surface area contributed by atoms with Crippen LogP contribution in [-0.4, -0.2) is 44.3 Å². The SMILES string of the molecule is C=CC(=C)OCC(COC(=O)C=C)(COC(=O)C=C)COC(=O)C=C.CC. The molecule has 0 aromatic carbocycles. The number of carbonyl (C=O) groups is 3. The van der Waals surface area contributed by atoms with Crippen molar-refractivity contribution in [3.8, 4) is 0 Å². The summed E-state index contributed by atoms with van der Waals surface area (Å²) >= 11 is 0. The van der Waals surface area contributed by atoms with Crippen molar-refractivity contribution < 1.29 is 33.3 Å². The molecule has 0 spiro atoms. The van der Waals surface area contributed by atoms with Crippen LogP contribution < -0.4 is 0 Å². The molecule has 0 aliphatic carbocycles. The van der Waals surface area contributed by atoms with E-state index in [4.69, 9.17) is 18.9 Å². The molecule has 0 heterocycles. The standard InChI is InChI=1S/C18H22O7.C2H6/c1-6-14(5)22-10-18(11-23-15(19)7-2,12-24-16(20)8-3)13-25-17(21)9-4;1-2/h6-9H,1-5,10-13H2;1-2H3. The summed E-state index contributed by atoms with van der Waals surface area (Å²) in [6.45, 7) is 20.1. The van der Waals surface area contributed by atoms with Crippen LogP contribution in [0.4, 0.5) is 0 Å². The van der Waals surface area contributed by atoms with Crippen LogP contribution in [0.2, 0.25) is 0 Å². The molecule has 0 fully saturated rings. The van der Waals surface area contributed by atoms with Gasteiger partial charge in [0.15, 0.2) is 0 Å². The molecular formula is C20H28O7. The maximum absolute atomic E-state index is 11.4. The fourth-order valence-electron chi connectivity index (χ4n) is 1.40. The van der Waals surface area contributed by atoms with Crippen molar-refractivity contribution in [2.45, 2.75) is 13.8 Å². The van der Waals surface area contributed by atoms with E-state index in [2.05, 4.69) is 32.9 Å². The molecular weight excluding hydrogens is 352 g/mol. The predicted octanol–water partition coefficient (Wildman–Crippen LogP) is 2.90. The quantitative estimate of drug-likeness (QED) is 0.160. The summed E-state index contributed by atoms with van der Waals surface area (Å²) < 4.78 is 20.5. The molecule has 0 unspecified atom stereocenters. The Labute approximate surface area is 160 Å². The van der Waals surface area contributed by atoms with Crippen LogP contribution in [-0.2, 0) is 33.3 Å². The van der Waals surface area contributed by atoms with Crippen molar-refractivity contribution in [3.05, 3.63) is 63.0 Å². The molecule has 27 heavy (non-hydrogen) atoms. The number of esters is 3. The van der Waals surface area contributed by atoms with Crippen LogP contribution in [0.15, 0.2) is 63.0 Å². The van der Waals surface area contributed by atoms with Gasteiger partial charge in [0.1, 0.15) is 37.6 Å². The first-order chi connectivity index (χ1) is 12.8. The van der Waals surface area contributed by atoms with Gasteiger partial charge >= 0.3 is 17.9 Å². The van der Waals surface area contributed by atoms with Crippen molar-refractivity contribution in [1.82, 2.24) is 0 Å². The summed E-state index contributed by atoms with van der Waals surface area (Å²) in [5.41, 5.74) is -1.18. The van der Waals surface area contributed by atoms with Crippen molar-refractivity contribution >= 4 is 17.9 Å². The lowest BCUT2D eigenvalue weighted by Gasteiger charge is -2.31. The third-order valence-electron chi connectivity index (χ3n) is 2.85. The minimum atomic E-state index is -1.18. The van der Waals surface area contributed by atoms with Gasteiger partial charge in [-0.2, -0.15) is 0 Å². The highest BCUT2D eigenvalue weighted by Gasteiger charge is 2.37. The first-order valence-electron chi connectivity index (χ1n) is 8.14. The van der Waals surface area contributed by atoms with E-state index in [1.54, 1.807) is 0 Å². The highest BCUT2D eigenvalue weighted by atomic mass is 16.6. The van der Waals surface area contributed by atoms with E-state index in [1.165, 1.54) is 6.08 Å². The molecule has 0 saturated carbocycles. The summed E-state index contributed by atoms with van der Waals surface area (Å²) in [4.78, 5) is 34.1. The van der Waals surface area contributed by atoms with E-state index in [0.717, 1.165) is 18.2 Å². The number of rotatable bonds is 13. The molecule has 7 heteroatoms. The summed E-state index contributed by atoms with van der Waals surface area (Å²) in [5.74, 6) is -1.85. The number of carbonyl (C=O) groups excluding carboxylic acids is 3. The fourth-order valence-corrected chi connectivity index (χ4v) is 1.40. The lowest BCUT2D eigenvalue weighted by molar-refractivity contribution is -0.159. The van der Waals surface area contributed by atoms with Gasteiger partial charge in [0.2, 0.25) is 0 Å². The third-order valence-corrected chi connectivity index (χ3v) is 2.85. The van der Waals surface area contributed by atoms with Gasteiger partial charge < -0.3 is 18.9 Å².